The number of carbonyl (C=O) groups is 1. The topological polar surface area (TPSA) is 55.1 Å². The summed E-state index contributed by atoms with van der Waals surface area (Å²) in [7, 11) is 0. The van der Waals surface area contributed by atoms with Crippen LogP contribution < -0.4 is 11.1 Å². The molecule has 3 N–H and O–H groups in total. The number of rotatable bonds is 4. The zero-order chi connectivity index (χ0) is 12.8. The van der Waals surface area contributed by atoms with Crippen molar-refractivity contribution < 1.29 is 4.79 Å². The highest BCUT2D eigenvalue weighted by molar-refractivity contribution is 5.77. The fourth-order valence-electron chi connectivity index (χ4n) is 3.62. The number of nitrogens with one attached hydrogen (secondary N) is 1. The first-order chi connectivity index (χ1) is 8.74. The maximum atomic E-state index is 12.2. The van der Waals surface area contributed by atoms with Crippen LogP contribution in [-0.4, -0.2) is 18.5 Å². The fraction of sp³-hybridized carbons (Fsp3) is 0.933. The average molecular weight is 252 g/mol. The zero-order valence-corrected chi connectivity index (χ0v) is 11.5. The summed E-state index contributed by atoms with van der Waals surface area (Å²) in [5.41, 5.74) is 6.05. The van der Waals surface area contributed by atoms with Gasteiger partial charge in [0.1, 0.15) is 0 Å². The van der Waals surface area contributed by atoms with Crippen LogP contribution in [0.25, 0.3) is 0 Å². The molecule has 0 spiro atoms. The number of amides is 1. The first-order valence-corrected chi connectivity index (χ1v) is 7.74. The second-order valence-corrected chi connectivity index (χ2v) is 6.34. The molecule has 2 aliphatic carbocycles. The summed E-state index contributed by atoms with van der Waals surface area (Å²) in [6.45, 7) is 0.672. The van der Waals surface area contributed by atoms with E-state index in [9.17, 15) is 4.79 Å². The zero-order valence-electron chi connectivity index (χ0n) is 11.5. The lowest BCUT2D eigenvalue weighted by Crippen LogP contribution is -2.42. The van der Waals surface area contributed by atoms with Crippen molar-refractivity contribution >= 4 is 5.91 Å². The minimum Gasteiger partial charge on any atom is -0.353 e. The molecule has 0 atom stereocenters. The van der Waals surface area contributed by atoms with E-state index in [0.29, 0.717) is 19.0 Å². The Balaban J connectivity index is 1.81. The molecule has 18 heavy (non-hydrogen) atoms. The Bertz CT molecular complexity index is 266. The van der Waals surface area contributed by atoms with E-state index in [0.717, 1.165) is 12.8 Å². The smallest absolute Gasteiger partial charge is 0.220 e. The molecule has 0 unspecified atom stereocenters. The van der Waals surface area contributed by atoms with E-state index < -0.39 is 0 Å². The molecule has 0 aromatic heterocycles. The molecule has 0 aromatic carbocycles. The maximum absolute atomic E-state index is 12.2. The Labute approximate surface area is 111 Å². The van der Waals surface area contributed by atoms with E-state index in [2.05, 4.69) is 5.32 Å². The van der Waals surface area contributed by atoms with Crippen molar-refractivity contribution in [3.05, 3.63) is 0 Å². The number of nitrogens with two attached hydrogens (primary N) is 1. The van der Waals surface area contributed by atoms with Crippen LogP contribution in [0.15, 0.2) is 0 Å². The van der Waals surface area contributed by atoms with Crippen molar-refractivity contribution in [3.63, 3.8) is 0 Å². The predicted octanol–water partition coefficient (Wildman–Crippen LogP) is 2.73. The first-order valence-electron chi connectivity index (χ1n) is 7.74. The van der Waals surface area contributed by atoms with Gasteiger partial charge in [-0.2, -0.15) is 0 Å². The standard InChI is InChI=1S/C15H28N2O/c16-12-15(9-5-2-6-10-15)11-14(18)17-13-7-3-1-4-8-13/h13H,1-12,16H2,(H,17,18). The summed E-state index contributed by atoms with van der Waals surface area (Å²) in [5.74, 6) is 0.245. The third kappa shape index (κ3) is 3.71. The third-order valence-corrected chi connectivity index (χ3v) is 4.85. The van der Waals surface area contributed by atoms with E-state index in [-0.39, 0.29) is 11.3 Å². The lowest BCUT2D eigenvalue weighted by molar-refractivity contribution is -0.124. The highest BCUT2D eigenvalue weighted by Crippen LogP contribution is 2.38. The molecule has 104 valence electrons. The van der Waals surface area contributed by atoms with Crippen LogP contribution in [0, 0.1) is 5.41 Å². The molecular formula is C15H28N2O. The molecule has 0 heterocycles. The molecule has 0 aliphatic heterocycles. The normalized spacial score (nSPS) is 24.7. The Kier molecular flexibility index (Phi) is 5.04. The van der Waals surface area contributed by atoms with Crippen molar-refractivity contribution in [3.8, 4) is 0 Å². The molecule has 1 amide bonds. The van der Waals surface area contributed by atoms with E-state index in [1.54, 1.807) is 0 Å². The molecule has 3 heteroatoms. The van der Waals surface area contributed by atoms with Crippen molar-refractivity contribution in [2.75, 3.05) is 6.54 Å². The van der Waals surface area contributed by atoms with Crippen LogP contribution in [0.3, 0.4) is 0 Å². The van der Waals surface area contributed by atoms with Gasteiger partial charge in [0.25, 0.3) is 0 Å². The summed E-state index contributed by atoms with van der Waals surface area (Å²) in [5, 5.41) is 3.23. The molecule has 2 saturated carbocycles. The second-order valence-electron chi connectivity index (χ2n) is 6.34. The molecular weight excluding hydrogens is 224 g/mol. The molecule has 2 rings (SSSR count). The van der Waals surface area contributed by atoms with Gasteiger partial charge in [0, 0.05) is 12.5 Å². The van der Waals surface area contributed by atoms with Gasteiger partial charge in [0.15, 0.2) is 0 Å². The first kappa shape index (κ1) is 13.9. The van der Waals surface area contributed by atoms with Crippen LogP contribution in [0.5, 0.6) is 0 Å². The lowest BCUT2D eigenvalue weighted by Gasteiger charge is -2.36. The molecule has 0 bridgehead atoms. The maximum Gasteiger partial charge on any atom is 0.220 e. The second kappa shape index (κ2) is 6.55. The van der Waals surface area contributed by atoms with Crippen LogP contribution in [0.1, 0.15) is 70.6 Å². The minimum atomic E-state index is 0.108. The Hall–Kier alpha value is -0.570. The molecule has 0 aromatic rings. The number of hydrogen-bond acceptors (Lipinski definition) is 2. The van der Waals surface area contributed by atoms with E-state index in [4.69, 9.17) is 5.73 Å². The summed E-state index contributed by atoms with van der Waals surface area (Å²) in [6.07, 6.45) is 12.9. The van der Waals surface area contributed by atoms with Gasteiger partial charge >= 0.3 is 0 Å². The van der Waals surface area contributed by atoms with E-state index >= 15 is 0 Å². The average Bonchev–Trinajstić information content (AvgIpc) is 2.41. The Morgan fingerprint density at radius 2 is 1.67 bits per heavy atom. The minimum absolute atomic E-state index is 0.108. The van der Waals surface area contributed by atoms with Gasteiger partial charge < -0.3 is 11.1 Å². The largest absolute Gasteiger partial charge is 0.353 e. The van der Waals surface area contributed by atoms with Crippen molar-refractivity contribution in [1.82, 2.24) is 5.32 Å². The van der Waals surface area contributed by atoms with E-state index in [1.165, 1.54) is 51.4 Å². The van der Waals surface area contributed by atoms with E-state index in [1.807, 2.05) is 0 Å². The van der Waals surface area contributed by atoms with Gasteiger partial charge in [0.2, 0.25) is 5.91 Å². The molecule has 2 fully saturated rings. The van der Waals surface area contributed by atoms with Crippen molar-refractivity contribution in [2.45, 2.75) is 76.7 Å². The van der Waals surface area contributed by atoms with Crippen LogP contribution >= 0.6 is 0 Å². The molecule has 2 aliphatic rings. The predicted molar refractivity (Wildman–Crippen MR) is 74.2 cm³/mol. The third-order valence-electron chi connectivity index (χ3n) is 4.85. The highest BCUT2D eigenvalue weighted by atomic mass is 16.1. The van der Waals surface area contributed by atoms with Gasteiger partial charge in [0.05, 0.1) is 0 Å². The molecule has 3 nitrogen and oxygen atoms in total. The SMILES string of the molecule is NCC1(CC(=O)NC2CCCCC2)CCCCC1. The van der Waals surface area contributed by atoms with Gasteiger partial charge in [-0.25, -0.2) is 0 Å². The van der Waals surface area contributed by atoms with Gasteiger partial charge in [-0.15, -0.1) is 0 Å². The summed E-state index contributed by atoms with van der Waals surface area (Å²) < 4.78 is 0. The number of carbonyl (C=O) groups excluding carboxylic acids is 1. The van der Waals surface area contributed by atoms with Crippen LogP contribution in [0.2, 0.25) is 0 Å². The monoisotopic (exact) mass is 252 g/mol. The highest BCUT2D eigenvalue weighted by Gasteiger charge is 2.33. The molecule has 0 radical (unpaired) electrons. The quantitative estimate of drug-likeness (QED) is 0.808. The van der Waals surface area contributed by atoms with Gasteiger partial charge in [-0.1, -0.05) is 38.5 Å². The Morgan fingerprint density at radius 3 is 2.28 bits per heavy atom. The summed E-state index contributed by atoms with van der Waals surface area (Å²) >= 11 is 0. The Morgan fingerprint density at radius 1 is 1.06 bits per heavy atom. The lowest BCUT2D eigenvalue weighted by atomic mass is 9.71. The summed E-state index contributed by atoms with van der Waals surface area (Å²) in [6, 6.07) is 0.435. The van der Waals surface area contributed by atoms with Crippen molar-refractivity contribution in [1.29, 1.82) is 0 Å². The van der Waals surface area contributed by atoms with Crippen molar-refractivity contribution in [2.24, 2.45) is 11.1 Å². The number of hydrogen-bond donors (Lipinski definition) is 2. The fourth-order valence-corrected chi connectivity index (χ4v) is 3.62. The van der Waals surface area contributed by atoms with Gasteiger partial charge in [-0.3, -0.25) is 4.79 Å². The summed E-state index contributed by atoms with van der Waals surface area (Å²) in [4.78, 5) is 12.2. The molecule has 0 saturated heterocycles. The van der Waals surface area contributed by atoms with Crippen LogP contribution in [0.4, 0.5) is 0 Å². The van der Waals surface area contributed by atoms with Crippen LogP contribution in [-0.2, 0) is 4.79 Å². The van der Waals surface area contributed by atoms with Gasteiger partial charge in [-0.05, 0) is 37.6 Å².